The van der Waals surface area contributed by atoms with Crippen molar-refractivity contribution in [1.82, 2.24) is 14.9 Å². The SMILES string of the molecule is c1csc(CN2CCC3(CC2)C[C@@H](Nc2nccs2)CO3)n1. The van der Waals surface area contributed by atoms with Gasteiger partial charge in [-0.2, -0.15) is 0 Å². The highest BCUT2D eigenvalue weighted by atomic mass is 32.1. The number of likely N-dealkylation sites (tertiary alicyclic amines) is 1. The first-order valence-corrected chi connectivity index (χ1v) is 9.48. The summed E-state index contributed by atoms with van der Waals surface area (Å²) in [5, 5.41) is 9.78. The van der Waals surface area contributed by atoms with E-state index in [1.165, 1.54) is 5.01 Å². The van der Waals surface area contributed by atoms with Crippen molar-refractivity contribution in [2.24, 2.45) is 0 Å². The van der Waals surface area contributed by atoms with Crippen molar-refractivity contribution >= 4 is 27.8 Å². The lowest BCUT2D eigenvalue weighted by Gasteiger charge is -2.38. The predicted octanol–water partition coefficient (Wildman–Crippen LogP) is 2.84. The molecule has 2 saturated heterocycles. The minimum absolute atomic E-state index is 0.0777. The van der Waals surface area contributed by atoms with Gasteiger partial charge < -0.3 is 10.1 Å². The smallest absolute Gasteiger partial charge is 0.182 e. The van der Waals surface area contributed by atoms with Crippen molar-refractivity contribution < 1.29 is 4.74 Å². The van der Waals surface area contributed by atoms with Gasteiger partial charge in [-0.15, -0.1) is 22.7 Å². The number of rotatable bonds is 4. The third-order valence-electron chi connectivity index (χ3n) is 4.58. The van der Waals surface area contributed by atoms with E-state index in [4.69, 9.17) is 4.74 Å². The van der Waals surface area contributed by atoms with Crippen LogP contribution >= 0.6 is 22.7 Å². The maximum Gasteiger partial charge on any atom is 0.182 e. The maximum absolute atomic E-state index is 6.20. The lowest BCUT2D eigenvalue weighted by atomic mass is 9.87. The van der Waals surface area contributed by atoms with Crippen LogP contribution in [0.4, 0.5) is 5.13 Å². The first kappa shape index (κ1) is 14.6. The molecule has 1 atom stereocenters. The Morgan fingerprint density at radius 1 is 1.23 bits per heavy atom. The third-order valence-corrected chi connectivity index (χ3v) is 6.05. The molecule has 118 valence electrons. The lowest BCUT2D eigenvalue weighted by molar-refractivity contribution is -0.0448. The first-order valence-electron chi connectivity index (χ1n) is 7.72. The van der Waals surface area contributed by atoms with Crippen LogP contribution in [0.3, 0.4) is 0 Å². The number of nitrogens with one attached hydrogen (secondary N) is 1. The number of nitrogens with zero attached hydrogens (tertiary/aromatic N) is 3. The first-order chi connectivity index (χ1) is 10.8. The number of ether oxygens (including phenoxy) is 1. The molecule has 2 aromatic rings. The van der Waals surface area contributed by atoms with Crippen LogP contribution < -0.4 is 5.32 Å². The second kappa shape index (κ2) is 6.23. The molecule has 4 heterocycles. The summed E-state index contributed by atoms with van der Waals surface area (Å²) in [4.78, 5) is 11.2. The van der Waals surface area contributed by atoms with Gasteiger partial charge in [0.15, 0.2) is 5.13 Å². The van der Waals surface area contributed by atoms with Gasteiger partial charge in [0, 0.05) is 36.2 Å². The second-order valence-corrected chi connectivity index (χ2v) is 7.95. The number of hydrogen-bond acceptors (Lipinski definition) is 7. The van der Waals surface area contributed by atoms with E-state index in [9.17, 15) is 0 Å². The number of anilines is 1. The van der Waals surface area contributed by atoms with Gasteiger partial charge in [0.1, 0.15) is 5.01 Å². The fourth-order valence-electron chi connectivity index (χ4n) is 3.40. The monoisotopic (exact) mass is 336 g/mol. The van der Waals surface area contributed by atoms with Crippen LogP contribution in [-0.2, 0) is 11.3 Å². The Kier molecular flexibility index (Phi) is 4.13. The van der Waals surface area contributed by atoms with Crippen LogP contribution in [0, 0.1) is 0 Å². The van der Waals surface area contributed by atoms with Crippen LogP contribution in [-0.4, -0.2) is 46.2 Å². The van der Waals surface area contributed by atoms with E-state index in [-0.39, 0.29) is 5.60 Å². The molecule has 7 heteroatoms. The van der Waals surface area contributed by atoms with Crippen molar-refractivity contribution in [2.45, 2.75) is 37.5 Å². The normalized spacial score (nSPS) is 24.8. The molecule has 2 aliphatic rings. The third kappa shape index (κ3) is 3.17. The molecular weight excluding hydrogens is 316 g/mol. The summed E-state index contributed by atoms with van der Waals surface area (Å²) < 4.78 is 6.20. The molecule has 4 rings (SSSR count). The minimum atomic E-state index is 0.0777. The summed E-state index contributed by atoms with van der Waals surface area (Å²) in [7, 11) is 0. The van der Waals surface area contributed by atoms with Gasteiger partial charge in [0.2, 0.25) is 0 Å². The zero-order chi connectivity index (χ0) is 14.8. The van der Waals surface area contributed by atoms with Crippen LogP contribution in [0.1, 0.15) is 24.3 Å². The van der Waals surface area contributed by atoms with Gasteiger partial charge in [-0.25, -0.2) is 9.97 Å². The summed E-state index contributed by atoms with van der Waals surface area (Å²) in [6.07, 6.45) is 7.07. The number of piperidine rings is 1. The summed E-state index contributed by atoms with van der Waals surface area (Å²) in [6.45, 7) is 3.98. The van der Waals surface area contributed by atoms with E-state index in [2.05, 4.69) is 25.6 Å². The van der Waals surface area contributed by atoms with Crippen LogP contribution in [0.5, 0.6) is 0 Å². The van der Waals surface area contributed by atoms with E-state index in [0.717, 1.165) is 50.6 Å². The average molecular weight is 336 g/mol. The Hall–Kier alpha value is -1.02. The van der Waals surface area contributed by atoms with Gasteiger partial charge in [-0.05, 0) is 19.3 Å². The molecule has 22 heavy (non-hydrogen) atoms. The van der Waals surface area contributed by atoms with E-state index in [1.54, 1.807) is 22.7 Å². The van der Waals surface area contributed by atoms with Crippen LogP contribution in [0.15, 0.2) is 23.2 Å². The van der Waals surface area contributed by atoms with Gasteiger partial charge in [0.05, 0.1) is 24.8 Å². The molecule has 0 amide bonds. The number of hydrogen-bond donors (Lipinski definition) is 1. The van der Waals surface area contributed by atoms with E-state index in [1.807, 2.05) is 17.8 Å². The molecule has 0 radical (unpaired) electrons. The van der Waals surface area contributed by atoms with Crippen LogP contribution in [0.25, 0.3) is 0 Å². The number of thiazole rings is 2. The average Bonchev–Trinajstić information content (AvgIpc) is 3.26. The van der Waals surface area contributed by atoms with Gasteiger partial charge >= 0.3 is 0 Å². The molecule has 0 bridgehead atoms. The summed E-state index contributed by atoms with van der Waals surface area (Å²) in [6, 6.07) is 0.400. The van der Waals surface area contributed by atoms with Crippen molar-refractivity contribution in [2.75, 3.05) is 25.0 Å². The zero-order valence-corrected chi connectivity index (χ0v) is 14.0. The lowest BCUT2D eigenvalue weighted by Crippen LogP contribution is -2.44. The predicted molar refractivity (Wildman–Crippen MR) is 89.4 cm³/mol. The summed E-state index contributed by atoms with van der Waals surface area (Å²) in [5.41, 5.74) is 0.0777. The van der Waals surface area contributed by atoms with Crippen molar-refractivity contribution in [3.05, 3.63) is 28.2 Å². The Balaban J connectivity index is 1.29. The highest BCUT2D eigenvalue weighted by Crippen LogP contribution is 2.37. The standard InChI is InChI=1S/C15H20N4OS2/c1-5-19(10-13-16-3-7-21-13)6-2-15(1)9-12(11-20-15)18-14-17-4-8-22-14/h3-4,7-8,12H,1-2,5-6,9-11H2,(H,17,18)/t12-/m1/s1. The van der Waals surface area contributed by atoms with Gasteiger partial charge in [0.25, 0.3) is 0 Å². The highest BCUT2D eigenvalue weighted by Gasteiger charge is 2.42. The fraction of sp³-hybridized carbons (Fsp3) is 0.600. The zero-order valence-electron chi connectivity index (χ0n) is 12.4. The molecule has 2 aromatic heterocycles. The Morgan fingerprint density at radius 3 is 2.77 bits per heavy atom. The quantitative estimate of drug-likeness (QED) is 0.930. The highest BCUT2D eigenvalue weighted by molar-refractivity contribution is 7.13. The molecular formula is C15H20N4OS2. The molecule has 0 saturated carbocycles. The molecule has 5 nitrogen and oxygen atoms in total. The van der Waals surface area contributed by atoms with Crippen molar-refractivity contribution in [3.63, 3.8) is 0 Å². The van der Waals surface area contributed by atoms with E-state index >= 15 is 0 Å². The van der Waals surface area contributed by atoms with E-state index < -0.39 is 0 Å². The Morgan fingerprint density at radius 2 is 2.05 bits per heavy atom. The fourth-order valence-corrected chi connectivity index (χ4v) is 4.66. The van der Waals surface area contributed by atoms with Crippen LogP contribution in [0.2, 0.25) is 0 Å². The summed E-state index contributed by atoms with van der Waals surface area (Å²) >= 11 is 3.40. The number of aromatic nitrogens is 2. The molecule has 0 aliphatic carbocycles. The largest absolute Gasteiger partial charge is 0.373 e. The minimum Gasteiger partial charge on any atom is -0.373 e. The molecule has 2 aliphatic heterocycles. The molecule has 1 spiro atoms. The van der Waals surface area contributed by atoms with Crippen molar-refractivity contribution in [1.29, 1.82) is 0 Å². The molecule has 1 N–H and O–H groups in total. The second-order valence-electron chi connectivity index (χ2n) is 6.08. The van der Waals surface area contributed by atoms with Gasteiger partial charge in [-0.3, -0.25) is 4.90 Å². The Bertz CT molecular complexity index is 579. The maximum atomic E-state index is 6.20. The molecule has 2 fully saturated rings. The van der Waals surface area contributed by atoms with Gasteiger partial charge in [-0.1, -0.05) is 0 Å². The topological polar surface area (TPSA) is 50.3 Å². The molecule has 0 unspecified atom stereocenters. The van der Waals surface area contributed by atoms with Crippen molar-refractivity contribution in [3.8, 4) is 0 Å². The van der Waals surface area contributed by atoms with E-state index in [0.29, 0.717) is 6.04 Å². The Labute approximate surface area is 138 Å². The molecule has 0 aromatic carbocycles. The summed E-state index contributed by atoms with van der Waals surface area (Å²) in [5.74, 6) is 0.